The molecule has 2 amide bonds. The van der Waals surface area contributed by atoms with E-state index >= 15 is 0 Å². The molecule has 3 heterocycles. The molecule has 3 N–H and O–H groups in total. The van der Waals surface area contributed by atoms with Gasteiger partial charge in [-0.3, -0.25) is 14.5 Å². The molecule has 170 valence electrons. The van der Waals surface area contributed by atoms with Crippen LogP contribution >= 0.6 is 34.9 Å². The van der Waals surface area contributed by atoms with Crippen LogP contribution in [0.3, 0.4) is 0 Å². The number of hydrogen-bond donors (Lipinski definition) is 2. The molecule has 2 aliphatic heterocycles. The summed E-state index contributed by atoms with van der Waals surface area (Å²) in [5.74, 6) is -3.79. The van der Waals surface area contributed by atoms with Gasteiger partial charge in [-0.1, -0.05) is 11.2 Å². The first-order valence-electron chi connectivity index (χ1n) is 8.79. The average Bonchev–Trinajstić information content (AvgIpc) is 3.17. The number of hydrogen-bond acceptors (Lipinski definition) is 13. The van der Waals surface area contributed by atoms with Gasteiger partial charge in [0.25, 0.3) is 11.8 Å². The zero-order valence-corrected chi connectivity index (χ0v) is 24.6. The van der Waals surface area contributed by atoms with Gasteiger partial charge in [0.15, 0.2) is 17.5 Å². The SMILES string of the molecule is C=CCSC1=C(C(=O)[O-])N2C(=O)[C@@H](NC(=O)/C(=N\OCC(=O)[O-])c3csc(N)n3)[C@@H]2SC1.[Na+].[Na+]. The predicted molar refractivity (Wildman–Crippen MR) is 114 cm³/mol. The molecule has 1 aromatic heterocycles. The maximum absolute atomic E-state index is 12.8. The third-order valence-electron chi connectivity index (χ3n) is 4.11. The van der Waals surface area contributed by atoms with Crippen LogP contribution in [0.5, 0.6) is 0 Å². The van der Waals surface area contributed by atoms with Crippen LogP contribution in [-0.4, -0.2) is 68.9 Å². The van der Waals surface area contributed by atoms with Crippen molar-refractivity contribution in [2.75, 3.05) is 23.8 Å². The van der Waals surface area contributed by atoms with Crippen molar-refractivity contribution in [2.45, 2.75) is 11.4 Å². The topological polar surface area (TPSA) is 190 Å². The van der Waals surface area contributed by atoms with Crippen LogP contribution in [0, 0.1) is 0 Å². The Bertz CT molecular complexity index is 1050. The minimum atomic E-state index is -1.55. The van der Waals surface area contributed by atoms with E-state index in [0.29, 0.717) is 16.4 Å². The minimum absolute atomic E-state index is 0. The van der Waals surface area contributed by atoms with Gasteiger partial charge in [-0.15, -0.1) is 41.4 Å². The Balaban J connectivity index is 0.00000289. The number of nitrogens with zero attached hydrogens (tertiary/aromatic N) is 3. The fourth-order valence-corrected chi connectivity index (χ4v) is 5.73. The molecule has 1 fully saturated rings. The maximum Gasteiger partial charge on any atom is 1.00 e. The van der Waals surface area contributed by atoms with E-state index in [-0.39, 0.29) is 75.6 Å². The number of thioether (sulfide) groups is 2. The number of amides is 2. The van der Waals surface area contributed by atoms with Gasteiger partial charge < -0.3 is 35.7 Å². The van der Waals surface area contributed by atoms with Crippen molar-refractivity contribution in [3.05, 3.63) is 34.3 Å². The van der Waals surface area contributed by atoms with Crippen molar-refractivity contribution in [1.82, 2.24) is 15.2 Å². The molecular formula is C17H15N5Na2O7S3. The number of anilines is 1. The average molecular weight is 544 g/mol. The summed E-state index contributed by atoms with van der Waals surface area (Å²) in [6, 6.07) is -1.05. The molecule has 0 spiro atoms. The molecule has 0 unspecified atom stereocenters. The van der Waals surface area contributed by atoms with Crippen molar-refractivity contribution < 1.29 is 93.3 Å². The van der Waals surface area contributed by atoms with Gasteiger partial charge in [0.1, 0.15) is 17.1 Å². The molecule has 1 aromatic rings. The van der Waals surface area contributed by atoms with Crippen LogP contribution < -0.4 is 80.4 Å². The molecule has 0 saturated carbocycles. The molecule has 3 rings (SSSR count). The molecule has 1 saturated heterocycles. The van der Waals surface area contributed by atoms with Gasteiger partial charge in [0.2, 0.25) is 0 Å². The van der Waals surface area contributed by atoms with Crippen molar-refractivity contribution in [3.8, 4) is 0 Å². The zero-order chi connectivity index (χ0) is 23.4. The number of carboxylic acids is 2. The monoisotopic (exact) mass is 543 g/mol. The Hall–Kier alpha value is -1.04. The maximum atomic E-state index is 12.8. The smallest absolute Gasteiger partial charge is 0.546 e. The standard InChI is InChI=1S/C17H17N5O7S3.2Na/c1-2-3-30-8-6-31-15-11(14(26)22(15)12(8)16(27)28)20-13(25)10(21-29-4-9(23)24)7-5-32-17(18)19-7;;/h2,5,11,15H,1,3-4,6H2,(H2,18,19)(H,20,25)(H,23,24)(H,27,28);;/q;2*+1/p-2/b21-10-;;/t11-,15+;;/m1../s1. The third-order valence-corrected chi connectivity index (χ3v) is 7.33. The normalized spacial score (nSPS) is 19.1. The van der Waals surface area contributed by atoms with Gasteiger partial charge in [-0.2, -0.15) is 0 Å². The van der Waals surface area contributed by atoms with Crippen molar-refractivity contribution >= 4 is 69.5 Å². The first-order chi connectivity index (χ1) is 15.2. The predicted octanol–water partition coefficient (Wildman–Crippen LogP) is -8.52. The molecule has 0 bridgehead atoms. The molecule has 2 aliphatic rings. The summed E-state index contributed by atoms with van der Waals surface area (Å²) in [5, 5.41) is 29.0. The number of rotatable bonds is 10. The number of oxime groups is 1. The second kappa shape index (κ2) is 13.9. The fraction of sp³-hybridized carbons (Fsp3) is 0.294. The van der Waals surface area contributed by atoms with Crippen molar-refractivity contribution in [2.24, 2.45) is 5.16 Å². The summed E-state index contributed by atoms with van der Waals surface area (Å²) >= 11 is 3.53. The molecule has 2 atom stereocenters. The molecule has 34 heavy (non-hydrogen) atoms. The number of nitrogen functional groups attached to an aromatic ring is 1. The molecule has 12 nitrogen and oxygen atoms in total. The second-order valence-electron chi connectivity index (χ2n) is 6.18. The first-order valence-corrected chi connectivity index (χ1v) is 11.7. The Morgan fingerprint density at radius 3 is 2.68 bits per heavy atom. The summed E-state index contributed by atoms with van der Waals surface area (Å²) in [6.07, 6.45) is 1.61. The molecule has 0 aliphatic carbocycles. The largest absolute Gasteiger partial charge is 1.00 e. The van der Waals surface area contributed by atoms with Gasteiger partial charge in [0, 0.05) is 21.8 Å². The number of carboxylic acid groups (broad SMARTS) is 2. The second-order valence-corrected chi connectivity index (χ2v) is 9.29. The number of β-lactam (4-membered cyclic amide) rings is 1. The Labute approximate surface area is 250 Å². The van der Waals surface area contributed by atoms with Crippen LogP contribution in [0.25, 0.3) is 0 Å². The summed E-state index contributed by atoms with van der Waals surface area (Å²) in [4.78, 5) is 57.7. The number of aromatic nitrogens is 1. The minimum Gasteiger partial charge on any atom is -0.546 e. The van der Waals surface area contributed by atoms with Gasteiger partial charge in [-0.05, 0) is 0 Å². The Morgan fingerprint density at radius 2 is 2.12 bits per heavy atom. The first kappa shape index (κ1) is 31.0. The fourth-order valence-electron chi connectivity index (χ4n) is 2.81. The van der Waals surface area contributed by atoms with Crippen molar-refractivity contribution in [3.63, 3.8) is 0 Å². The van der Waals surface area contributed by atoms with Gasteiger partial charge in [0.05, 0.1) is 17.6 Å². The van der Waals surface area contributed by atoms with E-state index in [2.05, 4.69) is 26.9 Å². The van der Waals surface area contributed by atoms with Crippen LogP contribution in [-0.2, 0) is 24.0 Å². The van der Waals surface area contributed by atoms with Crippen molar-refractivity contribution in [1.29, 1.82) is 0 Å². The van der Waals surface area contributed by atoms with E-state index in [4.69, 9.17) is 5.73 Å². The van der Waals surface area contributed by atoms with E-state index in [1.807, 2.05) is 0 Å². The summed E-state index contributed by atoms with van der Waals surface area (Å²) in [6.45, 7) is 2.68. The molecular weight excluding hydrogens is 528 g/mol. The molecule has 17 heteroatoms. The number of carbonyl (C=O) groups is 4. The zero-order valence-electron chi connectivity index (χ0n) is 18.1. The molecule has 0 radical (unpaired) electrons. The van der Waals surface area contributed by atoms with Gasteiger partial charge >= 0.3 is 59.1 Å². The van der Waals surface area contributed by atoms with E-state index in [0.717, 1.165) is 16.2 Å². The van der Waals surface area contributed by atoms with Crippen LogP contribution in [0.2, 0.25) is 0 Å². The number of fused-ring (bicyclic) bond motifs is 1. The van der Waals surface area contributed by atoms with Crippen LogP contribution in [0.1, 0.15) is 5.69 Å². The van der Waals surface area contributed by atoms with E-state index in [1.165, 1.54) is 28.9 Å². The summed E-state index contributed by atoms with van der Waals surface area (Å²) in [5.41, 5.74) is 4.96. The quantitative estimate of drug-likeness (QED) is 0.0937. The van der Waals surface area contributed by atoms with E-state index in [9.17, 15) is 29.4 Å². The van der Waals surface area contributed by atoms with Crippen LogP contribution in [0.15, 0.2) is 33.8 Å². The summed E-state index contributed by atoms with van der Waals surface area (Å²) in [7, 11) is 0. The number of nitrogens with one attached hydrogen (secondary N) is 1. The Kier molecular flexibility index (Phi) is 12.7. The number of aliphatic carboxylic acids is 2. The van der Waals surface area contributed by atoms with E-state index < -0.39 is 47.5 Å². The number of thiazole rings is 1. The number of carbonyl (C=O) groups excluding carboxylic acids is 4. The van der Waals surface area contributed by atoms with Crippen LogP contribution in [0.4, 0.5) is 5.13 Å². The van der Waals surface area contributed by atoms with E-state index in [1.54, 1.807) is 6.08 Å². The third kappa shape index (κ3) is 7.01. The number of nitrogens with two attached hydrogens (primary N) is 1. The summed E-state index contributed by atoms with van der Waals surface area (Å²) < 4.78 is 0. The Morgan fingerprint density at radius 1 is 1.41 bits per heavy atom. The molecule has 0 aromatic carbocycles. The van der Waals surface area contributed by atoms with Gasteiger partial charge in [-0.25, -0.2) is 4.98 Å².